The SMILES string of the molecule is COC1CCC(C(=O)N2C3CCC2CC(O)(c2ccco2)C3)CC1. The molecular formula is C19H27NO4. The maximum absolute atomic E-state index is 13.1. The van der Waals surface area contributed by atoms with E-state index in [9.17, 15) is 9.90 Å². The summed E-state index contributed by atoms with van der Waals surface area (Å²) in [5.74, 6) is 1.08. The van der Waals surface area contributed by atoms with Crippen molar-refractivity contribution in [2.75, 3.05) is 7.11 Å². The minimum Gasteiger partial charge on any atom is -0.466 e. The van der Waals surface area contributed by atoms with E-state index in [2.05, 4.69) is 4.90 Å². The molecule has 1 amide bonds. The van der Waals surface area contributed by atoms with Gasteiger partial charge in [-0.25, -0.2) is 0 Å². The first-order chi connectivity index (χ1) is 11.6. The Kier molecular flexibility index (Phi) is 4.17. The van der Waals surface area contributed by atoms with Gasteiger partial charge in [-0.15, -0.1) is 0 Å². The van der Waals surface area contributed by atoms with Gasteiger partial charge in [-0.05, 0) is 50.7 Å². The molecule has 4 rings (SSSR count). The van der Waals surface area contributed by atoms with Gasteiger partial charge in [0.1, 0.15) is 11.4 Å². The molecule has 132 valence electrons. The third-order valence-corrected chi connectivity index (χ3v) is 6.36. The minimum atomic E-state index is -0.917. The Bertz CT molecular complexity index is 562. The predicted octanol–water partition coefficient (Wildman–Crippen LogP) is 2.83. The number of piperidine rings is 1. The Morgan fingerprint density at radius 1 is 1.21 bits per heavy atom. The second-order valence-electron chi connectivity index (χ2n) is 7.76. The van der Waals surface area contributed by atoms with Crippen LogP contribution in [0.3, 0.4) is 0 Å². The number of ether oxygens (including phenoxy) is 1. The molecule has 1 aromatic heterocycles. The number of hydrogen-bond acceptors (Lipinski definition) is 4. The Morgan fingerprint density at radius 2 is 1.88 bits per heavy atom. The van der Waals surface area contributed by atoms with Gasteiger partial charge in [-0.1, -0.05) is 0 Å². The third kappa shape index (κ3) is 2.68. The van der Waals surface area contributed by atoms with Crippen LogP contribution in [0.25, 0.3) is 0 Å². The fourth-order valence-corrected chi connectivity index (χ4v) is 5.09. The smallest absolute Gasteiger partial charge is 0.226 e. The average molecular weight is 333 g/mol. The van der Waals surface area contributed by atoms with Gasteiger partial charge in [0.05, 0.1) is 12.4 Å². The quantitative estimate of drug-likeness (QED) is 0.924. The van der Waals surface area contributed by atoms with Crippen LogP contribution in [0.4, 0.5) is 0 Å². The Hall–Kier alpha value is -1.33. The Morgan fingerprint density at radius 3 is 2.42 bits per heavy atom. The normalized spacial score (nSPS) is 39.2. The molecule has 3 fully saturated rings. The van der Waals surface area contributed by atoms with E-state index >= 15 is 0 Å². The summed E-state index contributed by atoms with van der Waals surface area (Å²) in [5, 5.41) is 11.0. The summed E-state index contributed by atoms with van der Waals surface area (Å²) in [6.07, 6.45) is 8.91. The number of carbonyl (C=O) groups is 1. The second-order valence-corrected chi connectivity index (χ2v) is 7.76. The number of fused-ring (bicyclic) bond motifs is 2. The number of carbonyl (C=O) groups excluding carboxylic acids is 1. The van der Waals surface area contributed by atoms with Gasteiger partial charge < -0.3 is 19.2 Å². The van der Waals surface area contributed by atoms with Gasteiger partial charge in [0.15, 0.2) is 0 Å². The molecule has 2 saturated heterocycles. The largest absolute Gasteiger partial charge is 0.466 e. The summed E-state index contributed by atoms with van der Waals surface area (Å²) in [6, 6.07) is 3.96. The topological polar surface area (TPSA) is 62.9 Å². The zero-order valence-corrected chi connectivity index (χ0v) is 14.3. The molecule has 2 atom stereocenters. The van der Waals surface area contributed by atoms with Crippen LogP contribution in [0.1, 0.15) is 57.1 Å². The number of hydrogen-bond donors (Lipinski definition) is 1. The summed E-state index contributed by atoms with van der Waals surface area (Å²) in [6.45, 7) is 0. The molecule has 0 radical (unpaired) electrons. The van der Waals surface area contributed by atoms with E-state index in [-0.39, 0.29) is 18.0 Å². The van der Waals surface area contributed by atoms with E-state index in [0.29, 0.717) is 30.6 Å². The van der Waals surface area contributed by atoms with Crippen LogP contribution < -0.4 is 0 Å². The molecule has 0 aromatic carbocycles. The molecule has 1 saturated carbocycles. The van der Waals surface area contributed by atoms with Gasteiger partial charge in [0.2, 0.25) is 5.91 Å². The van der Waals surface area contributed by atoms with Crippen molar-refractivity contribution < 1.29 is 19.1 Å². The highest BCUT2D eigenvalue weighted by Gasteiger charge is 2.52. The highest BCUT2D eigenvalue weighted by atomic mass is 16.5. The van der Waals surface area contributed by atoms with Crippen LogP contribution in [0, 0.1) is 5.92 Å². The van der Waals surface area contributed by atoms with Crippen LogP contribution in [0.5, 0.6) is 0 Å². The summed E-state index contributed by atoms with van der Waals surface area (Å²) in [5.41, 5.74) is -0.917. The first-order valence-corrected chi connectivity index (χ1v) is 9.22. The van der Waals surface area contributed by atoms with E-state index < -0.39 is 5.60 Å². The first kappa shape index (κ1) is 16.2. The van der Waals surface area contributed by atoms with Crippen molar-refractivity contribution in [2.24, 2.45) is 5.92 Å². The van der Waals surface area contributed by atoms with Crippen molar-refractivity contribution in [3.05, 3.63) is 24.2 Å². The lowest BCUT2D eigenvalue weighted by atomic mass is 9.81. The fraction of sp³-hybridized carbons (Fsp3) is 0.737. The minimum absolute atomic E-state index is 0.134. The number of rotatable bonds is 3. The molecule has 3 aliphatic rings. The van der Waals surface area contributed by atoms with Crippen molar-refractivity contribution in [3.8, 4) is 0 Å². The van der Waals surface area contributed by atoms with Crippen molar-refractivity contribution in [1.82, 2.24) is 4.90 Å². The maximum Gasteiger partial charge on any atom is 0.226 e. The standard InChI is InChI=1S/C19H27NO4/c1-23-16-8-4-13(5-9-16)18(21)20-14-6-7-15(20)12-19(22,11-14)17-3-2-10-24-17/h2-3,10,13-16,22H,4-9,11-12H2,1H3. The fourth-order valence-electron chi connectivity index (χ4n) is 5.09. The van der Waals surface area contributed by atoms with Crippen LogP contribution in [0.2, 0.25) is 0 Å². The van der Waals surface area contributed by atoms with Crippen molar-refractivity contribution in [3.63, 3.8) is 0 Å². The van der Waals surface area contributed by atoms with E-state index in [1.54, 1.807) is 13.4 Å². The molecule has 2 bridgehead atoms. The van der Waals surface area contributed by atoms with E-state index in [1.165, 1.54) is 0 Å². The molecule has 3 heterocycles. The molecule has 0 spiro atoms. The summed E-state index contributed by atoms with van der Waals surface area (Å²) in [4.78, 5) is 15.2. The van der Waals surface area contributed by atoms with E-state index in [0.717, 1.165) is 38.5 Å². The van der Waals surface area contributed by atoms with Gasteiger partial charge in [-0.2, -0.15) is 0 Å². The number of methoxy groups -OCH3 is 1. The lowest BCUT2D eigenvalue weighted by Gasteiger charge is -2.44. The molecule has 5 nitrogen and oxygen atoms in total. The monoisotopic (exact) mass is 333 g/mol. The zero-order valence-electron chi connectivity index (χ0n) is 14.3. The predicted molar refractivity (Wildman–Crippen MR) is 88.2 cm³/mol. The number of aliphatic hydroxyl groups is 1. The van der Waals surface area contributed by atoms with E-state index in [1.807, 2.05) is 12.1 Å². The van der Waals surface area contributed by atoms with Crippen LogP contribution >= 0.6 is 0 Å². The molecule has 1 aromatic rings. The second kappa shape index (κ2) is 6.19. The van der Waals surface area contributed by atoms with Gasteiger partial charge in [0, 0.05) is 38.0 Å². The average Bonchev–Trinajstić information content (AvgIpc) is 3.23. The number of nitrogens with zero attached hydrogens (tertiary/aromatic N) is 1. The maximum atomic E-state index is 13.1. The molecule has 2 aliphatic heterocycles. The van der Waals surface area contributed by atoms with Gasteiger partial charge >= 0.3 is 0 Å². The molecule has 1 N–H and O–H groups in total. The van der Waals surface area contributed by atoms with Gasteiger partial charge in [0.25, 0.3) is 0 Å². The number of amides is 1. The summed E-state index contributed by atoms with van der Waals surface area (Å²) >= 11 is 0. The van der Waals surface area contributed by atoms with Crippen LogP contribution in [0.15, 0.2) is 22.8 Å². The number of furan rings is 1. The Labute approximate surface area is 143 Å². The Balaban J connectivity index is 1.46. The third-order valence-electron chi connectivity index (χ3n) is 6.36. The molecule has 5 heteroatoms. The van der Waals surface area contributed by atoms with Crippen molar-refractivity contribution in [2.45, 2.75) is 75.2 Å². The van der Waals surface area contributed by atoms with E-state index in [4.69, 9.17) is 9.15 Å². The lowest BCUT2D eigenvalue weighted by molar-refractivity contribution is -0.149. The molecular weight excluding hydrogens is 306 g/mol. The van der Waals surface area contributed by atoms with Crippen molar-refractivity contribution in [1.29, 1.82) is 0 Å². The first-order valence-electron chi connectivity index (χ1n) is 9.22. The van der Waals surface area contributed by atoms with Crippen LogP contribution in [-0.2, 0) is 15.1 Å². The highest BCUT2D eigenvalue weighted by molar-refractivity contribution is 5.80. The summed E-state index contributed by atoms with van der Waals surface area (Å²) in [7, 11) is 1.76. The zero-order chi connectivity index (χ0) is 16.7. The van der Waals surface area contributed by atoms with Crippen LogP contribution in [-0.4, -0.2) is 41.2 Å². The molecule has 2 unspecified atom stereocenters. The highest BCUT2D eigenvalue weighted by Crippen LogP contribution is 2.47. The molecule has 1 aliphatic carbocycles. The van der Waals surface area contributed by atoms with Gasteiger partial charge in [-0.3, -0.25) is 4.79 Å². The summed E-state index contributed by atoms with van der Waals surface area (Å²) < 4.78 is 10.9. The van der Waals surface area contributed by atoms with Crippen molar-refractivity contribution >= 4 is 5.91 Å². The molecule has 24 heavy (non-hydrogen) atoms. The lowest BCUT2D eigenvalue weighted by Crippen LogP contribution is -2.53.